The number of alkyl halides is 3. The first kappa shape index (κ1) is 28.4. The first-order chi connectivity index (χ1) is 18.6. The summed E-state index contributed by atoms with van der Waals surface area (Å²) in [4.78, 5) is 16.7. The Bertz CT molecular complexity index is 1360. The molecule has 1 aliphatic rings. The number of hydrogen-bond acceptors (Lipinski definition) is 5. The van der Waals surface area contributed by atoms with Gasteiger partial charge in [0.05, 0.1) is 23.6 Å². The summed E-state index contributed by atoms with van der Waals surface area (Å²) >= 11 is 0. The molecule has 7 nitrogen and oxygen atoms in total. The molecule has 0 atom stereocenters. The van der Waals surface area contributed by atoms with Crippen LogP contribution in [0.2, 0.25) is 0 Å². The van der Waals surface area contributed by atoms with Gasteiger partial charge in [-0.1, -0.05) is 36.4 Å². The van der Waals surface area contributed by atoms with Crippen molar-refractivity contribution >= 4 is 21.6 Å². The van der Waals surface area contributed by atoms with Gasteiger partial charge in [0.2, 0.25) is 15.9 Å². The fourth-order valence-electron chi connectivity index (χ4n) is 4.38. The molecule has 1 saturated heterocycles. The van der Waals surface area contributed by atoms with Crippen LogP contribution in [0.15, 0.2) is 83.8 Å². The maximum absolute atomic E-state index is 13.6. The first-order valence-electron chi connectivity index (χ1n) is 12.5. The number of ether oxygens (including phenoxy) is 1. The van der Waals surface area contributed by atoms with Gasteiger partial charge in [-0.25, -0.2) is 8.42 Å². The number of nitrogens with zero attached hydrogens (tertiary/aromatic N) is 3. The fraction of sp³-hybridized carbons (Fsp3) is 0.321. The van der Waals surface area contributed by atoms with E-state index in [2.05, 4.69) is 0 Å². The predicted molar refractivity (Wildman–Crippen MR) is 142 cm³/mol. The molecule has 4 rings (SSSR count). The van der Waals surface area contributed by atoms with E-state index in [1.807, 2.05) is 13.0 Å². The normalized spacial score (nSPS) is 14.5. The summed E-state index contributed by atoms with van der Waals surface area (Å²) in [6.07, 6.45) is -4.44. The van der Waals surface area contributed by atoms with Crippen LogP contribution in [0.3, 0.4) is 0 Å². The average molecular weight is 562 g/mol. The summed E-state index contributed by atoms with van der Waals surface area (Å²) in [5.74, 6) is 0.171. The number of sulfonamides is 1. The van der Waals surface area contributed by atoms with Crippen LogP contribution in [0, 0.1) is 0 Å². The zero-order valence-corrected chi connectivity index (χ0v) is 22.3. The summed E-state index contributed by atoms with van der Waals surface area (Å²) in [7, 11) is -4.02. The highest BCUT2D eigenvalue weighted by Gasteiger charge is 2.32. The Labute approximate surface area is 226 Å². The van der Waals surface area contributed by atoms with Gasteiger partial charge in [-0.15, -0.1) is 0 Å². The second-order valence-electron chi connectivity index (χ2n) is 9.08. The number of carbonyl (C=O) groups is 1. The van der Waals surface area contributed by atoms with Gasteiger partial charge in [0, 0.05) is 38.4 Å². The molecule has 11 heteroatoms. The molecule has 0 N–H and O–H groups in total. The summed E-state index contributed by atoms with van der Waals surface area (Å²) < 4.78 is 73.1. The van der Waals surface area contributed by atoms with E-state index in [4.69, 9.17) is 4.74 Å². The van der Waals surface area contributed by atoms with E-state index in [0.29, 0.717) is 31.1 Å². The molecule has 1 heterocycles. The minimum absolute atomic E-state index is 0.00627. The lowest BCUT2D eigenvalue weighted by Gasteiger charge is -2.37. The van der Waals surface area contributed by atoms with Gasteiger partial charge in [0.25, 0.3) is 0 Å². The fourth-order valence-corrected chi connectivity index (χ4v) is 5.76. The molecule has 0 radical (unpaired) electrons. The van der Waals surface area contributed by atoms with Gasteiger partial charge in [0.15, 0.2) is 0 Å². The Hall–Kier alpha value is -3.57. The van der Waals surface area contributed by atoms with Gasteiger partial charge in [-0.3, -0.25) is 4.79 Å². The number of halogens is 3. The molecule has 1 amide bonds. The lowest BCUT2D eigenvalue weighted by atomic mass is 10.1. The number of rotatable bonds is 9. The third-order valence-electron chi connectivity index (χ3n) is 6.46. The van der Waals surface area contributed by atoms with Gasteiger partial charge < -0.3 is 14.5 Å². The first-order valence-corrected chi connectivity index (χ1v) is 14.0. The number of carbonyl (C=O) groups excluding carboxylic acids is 1. The molecule has 208 valence electrons. The second kappa shape index (κ2) is 12.1. The maximum atomic E-state index is 13.6. The molecule has 0 saturated carbocycles. The number of piperazine rings is 1. The topological polar surface area (TPSA) is 70.2 Å². The van der Waals surface area contributed by atoms with Gasteiger partial charge in [-0.2, -0.15) is 17.5 Å². The second-order valence-corrected chi connectivity index (χ2v) is 11.0. The average Bonchev–Trinajstić information content (AvgIpc) is 2.93. The van der Waals surface area contributed by atoms with Crippen LogP contribution in [-0.2, 0) is 27.5 Å². The molecule has 0 bridgehead atoms. The highest BCUT2D eigenvalue weighted by molar-refractivity contribution is 7.89. The van der Waals surface area contributed by atoms with Crippen LogP contribution in [0.5, 0.6) is 5.75 Å². The van der Waals surface area contributed by atoms with Crippen molar-refractivity contribution in [1.82, 2.24) is 9.21 Å². The largest absolute Gasteiger partial charge is 0.494 e. The molecule has 0 aliphatic carbocycles. The van der Waals surface area contributed by atoms with Crippen LogP contribution in [0.4, 0.5) is 18.9 Å². The minimum Gasteiger partial charge on any atom is -0.494 e. The zero-order chi connectivity index (χ0) is 28.0. The molecular formula is C28H30F3N3O4S. The summed E-state index contributed by atoms with van der Waals surface area (Å²) in [5.41, 5.74) is 0.435. The molecule has 39 heavy (non-hydrogen) atoms. The summed E-state index contributed by atoms with van der Waals surface area (Å²) in [6, 6.07) is 20.2. The van der Waals surface area contributed by atoms with Crippen molar-refractivity contribution in [2.45, 2.75) is 24.5 Å². The van der Waals surface area contributed by atoms with E-state index >= 15 is 0 Å². The molecule has 0 unspecified atom stereocenters. The van der Waals surface area contributed by atoms with Crippen LogP contribution in [-0.4, -0.2) is 62.9 Å². The van der Waals surface area contributed by atoms with Crippen molar-refractivity contribution in [1.29, 1.82) is 0 Å². The Morgan fingerprint density at radius 3 is 2.21 bits per heavy atom. The van der Waals surface area contributed by atoms with Crippen molar-refractivity contribution in [2.24, 2.45) is 0 Å². The molecule has 0 spiro atoms. The summed E-state index contributed by atoms with van der Waals surface area (Å²) in [6.45, 7) is 3.10. The summed E-state index contributed by atoms with van der Waals surface area (Å²) in [5, 5.41) is 0. The van der Waals surface area contributed by atoms with Crippen LogP contribution < -0.4 is 9.64 Å². The standard InChI is InChI=1S/C28H30F3N3O4S/c1-2-38-25-11-13-26(14-12-25)39(36,37)34(20-22-7-4-3-5-8-22)21-27(35)33-17-15-32(16-18-33)24-10-6-9-23(19-24)28(29,30)31/h3-14,19H,2,15-18,20-21H2,1H3. The quantitative estimate of drug-likeness (QED) is 0.381. The van der Waals surface area contributed by atoms with Crippen molar-refractivity contribution in [2.75, 3.05) is 44.2 Å². The number of benzene rings is 3. The SMILES string of the molecule is CCOc1ccc(S(=O)(=O)N(CC(=O)N2CCN(c3cccc(C(F)(F)F)c3)CC2)Cc2ccccc2)cc1. The van der Waals surface area contributed by atoms with Crippen molar-refractivity contribution < 1.29 is 31.1 Å². The Kier molecular flexibility index (Phi) is 8.81. The number of anilines is 1. The molecule has 3 aromatic carbocycles. The Balaban J connectivity index is 1.47. The molecular weight excluding hydrogens is 531 g/mol. The van der Waals surface area contributed by atoms with Crippen LogP contribution in [0.1, 0.15) is 18.1 Å². The minimum atomic E-state index is -4.44. The third-order valence-corrected chi connectivity index (χ3v) is 8.26. The zero-order valence-electron chi connectivity index (χ0n) is 21.5. The predicted octanol–water partition coefficient (Wildman–Crippen LogP) is 4.64. The van der Waals surface area contributed by atoms with E-state index in [-0.39, 0.29) is 37.0 Å². The van der Waals surface area contributed by atoms with Gasteiger partial charge in [-0.05, 0) is 55.0 Å². The van der Waals surface area contributed by atoms with Crippen molar-refractivity contribution in [3.63, 3.8) is 0 Å². The van der Waals surface area contributed by atoms with E-state index in [0.717, 1.165) is 22.0 Å². The number of amides is 1. The van der Waals surface area contributed by atoms with Crippen LogP contribution >= 0.6 is 0 Å². The van der Waals surface area contributed by atoms with Crippen molar-refractivity contribution in [3.8, 4) is 5.75 Å². The third kappa shape index (κ3) is 7.10. The molecule has 3 aromatic rings. The Morgan fingerprint density at radius 1 is 0.923 bits per heavy atom. The molecule has 1 fully saturated rings. The lowest BCUT2D eigenvalue weighted by Crippen LogP contribution is -2.51. The van der Waals surface area contributed by atoms with E-state index in [9.17, 15) is 26.4 Å². The highest BCUT2D eigenvalue weighted by atomic mass is 32.2. The lowest BCUT2D eigenvalue weighted by molar-refractivity contribution is -0.137. The monoisotopic (exact) mass is 561 g/mol. The maximum Gasteiger partial charge on any atom is 0.416 e. The van der Waals surface area contributed by atoms with E-state index < -0.39 is 21.8 Å². The van der Waals surface area contributed by atoms with Crippen molar-refractivity contribution in [3.05, 3.63) is 90.0 Å². The van der Waals surface area contributed by atoms with Gasteiger partial charge >= 0.3 is 6.18 Å². The Morgan fingerprint density at radius 2 is 1.59 bits per heavy atom. The molecule has 1 aliphatic heterocycles. The van der Waals surface area contributed by atoms with E-state index in [1.54, 1.807) is 52.3 Å². The smallest absolute Gasteiger partial charge is 0.416 e. The number of hydrogen-bond donors (Lipinski definition) is 0. The van der Waals surface area contributed by atoms with Gasteiger partial charge in [0.1, 0.15) is 5.75 Å². The highest BCUT2D eigenvalue weighted by Crippen LogP contribution is 2.32. The molecule has 0 aromatic heterocycles. The van der Waals surface area contributed by atoms with E-state index in [1.165, 1.54) is 18.2 Å². The van der Waals surface area contributed by atoms with Crippen LogP contribution in [0.25, 0.3) is 0 Å².